The van der Waals surface area contributed by atoms with Gasteiger partial charge in [0.05, 0.1) is 0 Å². The van der Waals surface area contributed by atoms with Crippen LogP contribution < -0.4 is 10.6 Å². The quantitative estimate of drug-likeness (QED) is 0.281. The van der Waals surface area contributed by atoms with Gasteiger partial charge in [-0.05, 0) is 143 Å². The summed E-state index contributed by atoms with van der Waals surface area (Å²) in [6.07, 6.45) is 22.0. The fourth-order valence-corrected chi connectivity index (χ4v) is 15.7. The summed E-state index contributed by atoms with van der Waals surface area (Å²) >= 11 is 0. The first kappa shape index (κ1) is 34.0. The number of hydrogen-bond acceptors (Lipinski definition) is 8. The van der Waals surface area contributed by atoms with E-state index in [1.807, 2.05) is 13.8 Å². The largest absolute Gasteiger partial charge is 0.356 e. The predicted octanol–water partition coefficient (Wildman–Crippen LogP) is 7.06. The minimum Gasteiger partial charge on any atom is -0.356 e. The molecule has 52 heavy (non-hydrogen) atoms. The topological polar surface area (TPSA) is 114 Å². The Kier molecular flexibility index (Phi) is 7.60. The van der Waals surface area contributed by atoms with Gasteiger partial charge in [-0.3, -0.25) is 9.59 Å². The number of amides is 2. The van der Waals surface area contributed by atoms with Crippen molar-refractivity contribution in [2.75, 3.05) is 13.1 Å². The molecule has 2 N–H and O–H groups in total. The van der Waals surface area contributed by atoms with Crippen LogP contribution in [-0.2, 0) is 38.6 Å². The lowest BCUT2D eigenvalue weighted by atomic mass is 9.56. The Balaban J connectivity index is 0.000000123. The van der Waals surface area contributed by atoms with Crippen LogP contribution in [0.2, 0.25) is 0 Å². The lowest BCUT2D eigenvalue weighted by molar-refractivity contribution is -0.375. The van der Waals surface area contributed by atoms with E-state index in [4.69, 9.17) is 29.0 Å². The zero-order valence-corrected chi connectivity index (χ0v) is 31.6. The highest BCUT2D eigenvalue weighted by Gasteiger charge is 2.78. The van der Waals surface area contributed by atoms with Gasteiger partial charge >= 0.3 is 0 Å². The predicted molar refractivity (Wildman–Crippen MR) is 187 cm³/mol. The van der Waals surface area contributed by atoms with Crippen LogP contribution >= 0.6 is 0 Å². The smallest absolute Gasteiger partial charge is 0.220 e. The van der Waals surface area contributed by atoms with E-state index in [9.17, 15) is 9.59 Å². The molecule has 2 saturated heterocycles. The molecule has 10 nitrogen and oxygen atoms in total. The molecular weight excluding hydrogens is 660 g/mol. The van der Waals surface area contributed by atoms with Crippen molar-refractivity contribution in [2.45, 2.75) is 165 Å². The number of hydrogen-bond donors (Lipinski definition) is 2. The molecule has 0 aromatic heterocycles. The van der Waals surface area contributed by atoms with Crippen LogP contribution in [0.15, 0.2) is 0 Å². The normalized spacial score (nSPS) is 56.1. The maximum Gasteiger partial charge on any atom is 0.220 e. The summed E-state index contributed by atoms with van der Waals surface area (Å²) in [6, 6.07) is 0. The lowest BCUT2D eigenvalue weighted by Crippen LogP contribution is -2.50. The highest BCUT2D eigenvalue weighted by molar-refractivity contribution is 5.76. The van der Waals surface area contributed by atoms with Gasteiger partial charge in [-0.25, -0.2) is 0 Å². The number of nitrogens with one attached hydrogen (secondary N) is 2. The average molecular weight is 723 g/mol. The fourth-order valence-electron chi connectivity index (χ4n) is 15.7. The first-order valence-corrected chi connectivity index (χ1v) is 21.8. The first-order chi connectivity index (χ1) is 25.1. The average Bonchev–Trinajstić information content (AvgIpc) is 3.94. The Hall–Kier alpha value is -1.30. The Bertz CT molecular complexity index is 1420. The Morgan fingerprint density at radius 1 is 0.538 bits per heavy atom. The molecule has 2 heterocycles. The van der Waals surface area contributed by atoms with Crippen molar-refractivity contribution in [3.8, 4) is 0 Å². The molecule has 10 heteroatoms. The Morgan fingerprint density at radius 2 is 0.962 bits per heavy atom. The van der Waals surface area contributed by atoms with Crippen molar-refractivity contribution in [3.05, 3.63) is 0 Å². The molecule has 2 amide bonds. The number of rotatable bonds is 6. The Morgan fingerprint density at radius 3 is 1.38 bits per heavy atom. The van der Waals surface area contributed by atoms with Crippen LogP contribution in [0.3, 0.4) is 0 Å². The first-order valence-electron chi connectivity index (χ1n) is 21.8. The van der Waals surface area contributed by atoms with E-state index in [1.54, 1.807) is 0 Å². The van der Waals surface area contributed by atoms with Crippen LogP contribution in [0, 0.1) is 70.0 Å². The van der Waals surface area contributed by atoms with Crippen LogP contribution in [0.25, 0.3) is 0 Å². The monoisotopic (exact) mass is 722 g/mol. The van der Waals surface area contributed by atoms with Crippen LogP contribution in [0.1, 0.15) is 142 Å². The van der Waals surface area contributed by atoms with Crippen molar-refractivity contribution >= 4 is 11.8 Å². The molecule has 8 unspecified atom stereocenters. The fraction of sp³-hybridized carbons (Fsp3) is 0.952. The SMILES string of the molecule is CCC(=O)NCC1CCC2(CC1)OOC1(O2)C2CC3CC4CC1CC34C2.CCNC(=O)CC1CCC2(CC1)OOC1(O2)C2CC3CC4CC1CC34C2. The van der Waals surface area contributed by atoms with E-state index >= 15 is 0 Å². The van der Waals surface area contributed by atoms with Gasteiger partial charge in [0.25, 0.3) is 0 Å². The molecule has 12 rings (SSSR count). The summed E-state index contributed by atoms with van der Waals surface area (Å²) < 4.78 is 13.6. The molecule has 0 radical (unpaired) electrons. The van der Waals surface area contributed by atoms with Crippen molar-refractivity contribution in [3.63, 3.8) is 0 Å². The molecule has 0 aromatic rings. The molecule has 288 valence electrons. The van der Waals surface area contributed by atoms with Crippen LogP contribution in [0.4, 0.5) is 0 Å². The molecule has 6 spiro atoms. The van der Waals surface area contributed by atoms with E-state index in [2.05, 4.69) is 10.6 Å². The number of carbonyl (C=O) groups is 2. The van der Waals surface area contributed by atoms with Crippen molar-refractivity contribution < 1.29 is 38.6 Å². The third kappa shape index (κ3) is 4.63. The second-order valence-corrected chi connectivity index (χ2v) is 20.3. The zero-order valence-electron chi connectivity index (χ0n) is 31.6. The highest BCUT2D eigenvalue weighted by atomic mass is 17.3. The van der Waals surface area contributed by atoms with Gasteiger partial charge in [-0.15, -0.1) is 0 Å². The maximum absolute atomic E-state index is 11.9. The van der Waals surface area contributed by atoms with E-state index in [-0.39, 0.29) is 11.8 Å². The van der Waals surface area contributed by atoms with Gasteiger partial charge in [0, 0.05) is 75.3 Å². The summed E-state index contributed by atoms with van der Waals surface area (Å²) in [7, 11) is 0. The lowest BCUT2D eigenvalue weighted by Gasteiger charge is -2.49. The summed E-state index contributed by atoms with van der Waals surface area (Å²) in [5.41, 5.74) is 1.32. The van der Waals surface area contributed by atoms with Gasteiger partial charge in [0.15, 0.2) is 0 Å². The van der Waals surface area contributed by atoms with Crippen LogP contribution in [0.5, 0.6) is 0 Å². The van der Waals surface area contributed by atoms with E-state index < -0.39 is 23.1 Å². The molecule has 10 aliphatic carbocycles. The van der Waals surface area contributed by atoms with Gasteiger partial charge in [-0.1, -0.05) is 6.92 Å². The second kappa shape index (κ2) is 11.6. The van der Waals surface area contributed by atoms with Gasteiger partial charge < -0.3 is 20.1 Å². The van der Waals surface area contributed by atoms with Crippen LogP contribution in [-0.4, -0.2) is 48.1 Å². The maximum atomic E-state index is 11.9. The van der Waals surface area contributed by atoms with Gasteiger partial charge in [-0.2, -0.15) is 19.6 Å². The highest BCUT2D eigenvalue weighted by Crippen LogP contribution is 2.80. The standard InChI is InChI=1S/2C21H31NO4/c1-2-18(23)22-12-13-3-5-20(6-4-13)24-21(26-25-20)16-8-14-7-15-9-17(21)11-19(14,15)10-16;1-2-22-18(23)7-13-3-5-20(6-4-13)24-21(26-25-20)16-9-14-8-15-10-17(21)12-19(14,15)11-16/h2*13-17H,2-12H2,1H3,(H,22,23). The number of ether oxygens (including phenoxy) is 2. The molecular formula is C42H62N2O8. The molecule has 10 saturated carbocycles. The van der Waals surface area contributed by atoms with Crippen molar-refractivity contribution in [1.82, 2.24) is 10.6 Å². The van der Waals surface area contributed by atoms with E-state index in [0.717, 1.165) is 81.6 Å². The third-order valence-corrected chi connectivity index (χ3v) is 18.3. The second-order valence-electron chi connectivity index (χ2n) is 20.3. The summed E-state index contributed by atoms with van der Waals surface area (Å²) in [5.74, 6) is 5.19. The van der Waals surface area contributed by atoms with Crippen molar-refractivity contribution in [2.24, 2.45) is 70.0 Å². The van der Waals surface area contributed by atoms with Gasteiger partial charge in [0.2, 0.25) is 35.0 Å². The summed E-state index contributed by atoms with van der Waals surface area (Å²) in [6.45, 7) is 5.37. The zero-order chi connectivity index (χ0) is 35.1. The van der Waals surface area contributed by atoms with Crippen molar-refractivity contribution in [1.29, 1.82) is 0 Å². The Labute approximate surface area is 309 Å². The molecule has 8 atom stereocenters. The molecule has 12 fully saturated rings. The molecule has 12 aliphatic rings. The third-order valence-electron chi connectivity index (χ3n) is 18.3. The van der Waals surface area contributed by atoms with Gasteiger partial charge in [0.1, 0.15) is 0 Å². The molecule has 6 bridgehead atoms. The number of carbonyl (C=O) groups excluding carboxylic acids is 2. The van der Waals surface area contributed by atoms with E-state index in [1.165, 1.54) is 64.2 Å². The minimum atomic E-state index is -0.549. The molecule has 2 aliphatic heterocycles. The minimum absolute atomic E-state index is 0.146. The summed E-state index contributed by atoms with van der Waals surface area (Å²) in [5, 5.41) is 5.96. The van der Waals surface area contributed by atoms with E-state index in [0.29, 0.717) is 65.7 Å². The molecule has 0 aromatic carbocycles. The number of fused-ring (bicyclic) bond motifs is 8. The summed E-state index contributed by atoms with van der Waals surface area (Å²) in [4.78, 5) is 47.7.